The summed E-state index contributed by atoms with van der Waals surface area (Å²) >= 11 is 0. The summed E-state index contributed by atoms with van der Waals surface area (Å²) in [5.74, 6) is 0. The molecule has 16 heavy (non-hydrogen) atoms. The fourth-order valence-corrected chi connectivity index (χ4v) is 2.01. The van der Waals surface area contributed by atoms with E-state index in [9.17, 15) is 4.79 Å². The van der Waals surface area contributed by atoms with Crippen LogP contribution in [0, 0.1) is 0 Å². The number of hydrogen-bond acceptors (Lipinski definition) is 4. The molecule has 2 fully saturated rings. The fraction of sp³-hybridized carbons (Fsp3) is 0.909. The molecule has 0 aromatic carbocycles. The van der Waals surface area contributed by atoms with Crippen molar-refractivity contribution in [1.82, 2.24) is 10.2 Å². The molecule has 0 aromatic rings. The van der Waals surface area contributed by atoms with Gasteiger partial charge in [-0.15, -0.1) is 0 Å². The standard InChI is InChI=1S/C11H20N2O3/c1-11(2,3)16-10(14)13-6-8-9(13)7-15-5-4-12-8/h8-9,12H,4-7H2,1-3H3. The van der Waals surface area contributed by atoms with Crippen molar-refractivity contribution >= 4 is 6.09 Å². The summed E-state index contributed by atoms with van der Waals surface area (Å²) in [6, 6.07) is 0.507. The Labute approximate surface area is 96.1 Å². The van der Waals surface area contributed by atoms with Crippen molar-refractivity contribution in [1.29, 1.82) is 0 Å². The molecule has 0 bridgehead atoms. The third-order valence-electron chi connectivity index (χ3n) is 2.83. The highest BCUT2D eigenvalue weighted by molar-refractivity contribution is 5.70. The van der Waals surface area contributed by atoms with Crippen LogP contribution in [0.4, 0.5) is 4.79 Å². The molecule has 0 radical (unpaired) electrons. The first kappa shape index (κ1) is 11.7. The maximum absolute atomic E-state index is 11.8. The van der Waals surface area contributed by atoms with E-state index >= 15 is 0 Å². The third-order valence-corrected chi connectivity index (χ3v) is 2.83. The van der Waals surface area contributed by atoms with Gasteiger partial charge in [-0.3, -0.25) is 4.90 Å². The Morgan fingerprint density at radius 2 is 2.25 bits per heavy atom. The van der Waals surface area contributed by atoms with Crippen molar-refractivity contribution < 1.29 is 14.3 Å². The van der Waals surface area contributed by atoms with Crippen LogP contribution in [0.2, 0.25) is 0 Å². The van der Waals surface area contributed by atoms with E-state index in [1.54, 1.807) is 4.90 Å². The first-order chi connectivity index (χ1) is 7.47. The normalized spacial score (nSPS) is 30.1. The Morgan fingerprint density at radius 3 is 2.94 bits per heavy atom. The fourth-order valence-electron chi connectivity index (χ4n) is 2.01. The molecule has 0 aliphatic carbocycles. The second-order valence-electron chi connectivity index (χ2n) is 5.34. The number of fused-ring (bicyclic) bond motifs is 1. The molecule has 2 unspecified atom stereocenters. The van der Waals surface area contributed by atoms with Crippen molar-refractivity contribution in [2.24, 2.45) is 0 Å². The maximum atomic E-state index is 11.8. The van der Waals surface area contributed by atoms with E-state index in [0.717, 1.165) is 19.7 Å². The van der Waals surface area contributed by atoms with Crippen molar-refractivity contribution in [2.45, 2.75) is 38.5 Å². The van der Waals surface area contributed by atoms with Crippen LogP contribution in [0.5, 0.6) is 0 Å². The topological polar surface area (TPSA) is 50.8 Å². The van der Waals surface area contributed by atoms with E-state index in [1.807, 2.05) is 20.8 Å². The van der Waals surface area contributed by atoms with Crippen LogP contribution in [0.15, 0.2) is 0 Å². The van der Waals surface area contributed by atoms with Gasteiger partial charge in [0, 0.05) is 19.1 Å². The number of nitrogens with one attached hydrogen (secondary N) is 1. The average molecular weight is 228 g/mol. The maximum Gasteiger partial charge on any atom is 0.410 e. The van der Waals surface area contributed by atoms with Gasteiger partial charge in [-0.25, -0.2) is 4.79 Å². The summed E-state index contributed by atoms with van der Waals surface area (Å²) in [5, 5.41) is 3.35. The van der Waals surface area contributed by atoms with Gasteiger partial charge in [0.05, 0.1) is 19.3 Å². The monoisotopic (exact) mass is 228 g/mol. The molecule has 5 nitrogen and oxygen atoms in total. The Kier molecular flexibility index (Phi) is 3.08. The molecule has 0 saturated carbocycles. The van der Waals surface area contributed by atoms with Gasteiger partial charge in [0.1, 0.15) is 5.60 Å². The summed E-state index contributed by atoms with van der Waals surface area (Å²) in [7, 11) is 0. The van der Waals surface area contributed by atoms with Crippen molar-refractivity contribution in [3.05, 3.63) is 0 Å². The second kappa shape index (κ2) is 4.22. The van der Waals surface area contributed by atoms with Gasteiger partial charge in [-0.05, 0) is 20.8 Å². The lowest BCUT2D eigenvalue weighted by Crippen LogP contribution is -2.68. The molecule has 2 aliphatic heterocycles. The summed E-state index contributed by atoms with van der Waals surface area (Å²) in [6.45, 7) is 8.55. The first-order valence-electron chi connectivity index (χ1n) is 5.78. The van der Waals surface area contributed by atoms with E-state index < -0.39 is 5.60 Å². The number of amides is 1. The van der Waals surface area contributed by atoms with Crippen LogP contribution in [0.25, 0.3) is 0 Å². The molecule has 5 heteroatoms. The van der Waals surface area contributed by atoms with Crippen LogP contribution in [0.1, 0.15) is 20.8 Å². The zero-order valence-corrected chi connectivity index (χ0v) is 10.2. The Balaban J connectivity index is 1.90. The highest BCUT2D eigenvalue weighted by atomic mass is 16.6. The number of likely N-dealkylation sites (tertiary alicyclic amines) is 1. The summed E-state index contributed by atoms with van der Waals surface area (Å²) in [6.07, 6.45) is -0.235. The quantitative estimate of drug-likeness (QED) is 0.659. The highest BCUT2D eigenvalue weighted by Gasteiger charge is 2.44. The van der Waals surface area contributed by atoms with Gasteiger partial charge < -0.3 is 14.8 Å². The highest BCUT2D eigenvalue weighted by Crippen LogP contribution is 2.23. The van der Waals surface area contributed by atoms with E-state index in [0.29, 0.717) is 12.6 Å². The van der Waals surface area contributed by atoms with Crippen LogP contribution in [-0.4, -0.2) is 55.0 Å². The molecular formula is C11H20N2O3. The molecular weight excluding hydrogens is 208 g/mol. The summed E-state index contributed by atoms with van der Waals surface area (Å²) < 4.78 is 10.8. The van der Waals surface area contributed by atoms with E-state index in [-0.39, 0.29) is 12.1 Å². The minimum atomic E-state index is -0.429. The molecule has 2 rings (SSSR count). The molecule has 1 N–H and O–H groups in total. The lowest BCUT2D eigenvalue weighted by Gasteiger charge is -2.46. The van der Waals surface area contributed by atoms with Crippen LogP contribution >= 0.6 is 0 Å². The summed E-state index contributed by atoms with van der Waals surface area (Å²) in [4.78, 5) is 13.6. The van der Waals surface area contributed by atoms with Gasteiger partial charge >= 0.3 is 6.09 Å². The number of nitrogens with zero attached hydrogens (tertiary/aromatic N) is 1. The molecule has 92 valence electrons. The number of carbonyl (C=O) groups is 1. The SMILES string of the molecule is CC(C)(C)OC(=O)N1CC2NCCOCC21. The zero-order chi connectivity index (χ0) is 11.8. The first-order valence-corrected chi connectivity index (χ1v) is 5.78. The van der Waals surface area contributed by atoms with Gasteiger partial charge in [0.15, 0.2) is 0 Å². The van der Waals surface area contributed by atoms with E-state index in [2.05, 4.69) is 5.32 Å². The van der Waals surface area contributed by atoms with Gasteiger partial charge in [0.2, 0.25) is 0 Å². The van der Waals surface area contributed by atoms with E-state index in [1.165, 1.54) is 0 Å². The minimum absolute atomic E-state index is 0.136. The largest absolute Gasteiger partial charge is 0.444 e. The second-order valence-corrected chi connectivity index (χ2v) is 5.34. The number of ether oxygens (including phenoxy) is 2. The Morgan fingerprint density at radius 1 is 1.50 bits per heavy atom. The van der Waals surface area contributed by atoms with Crippen molar-refractivity contribution in [2.75, 3.05) is 26.3 Å². The summed E-state index contributed by atoms with van der Waals surface area (Å²) in [5.41, 5.74) is -0.429. The molecule has 1 amide bonds. The molecule has 0 spiro atoms. The molecule has 2 atom stereocenters. The van der Waals surface area contributed by atoms with Gasteiger partial charge in [-0.2, -0.15) is 0 Å². The Hall–Kier alpha value is -0.810. The van der Waals surface area contributed by atoms with Crippen molar-refractivity contribution in [3.63, 3.8) is 0 Å². The zero-order valence-electron chi connectivity index (χ0n) is 10.2. The molecule has 2 aliphatic rings. The lowest BCUT2D eigenvalue weighted by atomic mass is 9.98. The lowest BCUT2D eigenvalue weighted by molar-refractivity contribution is -0.0319. The number of hydrogen-bond donors (Lipinski definition) is 1. The smallest absolute Gasteiger partial charge is 0.410 e. The minimum Gasteiger partial charge on any atom is -0.444 e. The number of rotatable bonds is 0. The van der Waals surface area contributed by atoms with Crippen LogP contribution in [0.3, 0.4) is 0 Å². The molecule has 2 heterocycles. The predicted molar refractivity (Wildman–Crippen MR) is 59.3 cm³/mol. The van der Waals surface area contributed by atoms with E-state index in [4.69, 9.17) is 9.47 Å². The van der Waals surface area contributed by atoms with Crippen molar-refractivity contribution in [3.8, 4) is 0 Å². The third kappa shape index (κ3) is 2.47. The molecule has 0 aromatic heterocycles. The van der Waals surface area contributed by atoms with Gasteiger partial charge in [-0.1, -0.05) is 0 Å². The Bertz CT molecular complexity index is 275. The predicted octanol–water partition coefficient (Wildman–Crippen LogP) is 0.594. The van der Waals surface area contributed by atoms with Crippen LogP contribution in [-0.2, 0) is 9.47 Å². The van der Waals surface area contributed by atoms with Crippen LogP contribution < -0.4 is 5.32 Å². The average Bonchev–Trinajstić information content (AvgIpc) is 2.25. The van der Waals surface area contributed by atoms with Gasteiger partial charge in [0.25, 0.3) is 0 Å². The number of carbonyl (C=O) groups excluding carboxylic acids is 1. The molecule has 2 saturated heterocycles.